The minimum atomic E-state index is -0.779. The molecular formula is C21H24N2O3S. The molecule has 1 unspecified atom stereocenters. The Bertz CT molecular complexity index is 1020. The predicted molar refractivity (Wildman–Crippen MR) is 108 cm³/mol. The van der Waals surface area contributed by atoms with Crippen LogP contribution in [0.25, 0.3) is 10.2 Å². The normalized spacial score (nSPS) is 14.5. The summed E-state index contributed by atoms with van der Waals surface area (Å²) in [4.78, 5) is 19.8. The van der Waals surface area contributed by atoms with Gasteiger partial charge in [-0.1, -0.05) is 19.1 Å². The molecule has 0 spiro atoms. The van der Waals surface area contributed by atoms with E-state index in [-0.39, 0.29) is 18.7 Å². The molecule has 4 rings (SSSR count). The largest absolute Gasteiger partial charge is 0.491 e. The third-order valence-electron chi connectivity index (χ3n) is 5.18. The lowest BCUT2D eigenvalue weighted by Crippen LogP contribution is -2.32. The number of hydrogen-bond acceptors (Lipinski definition) is 5. The number of nitrogens with zero attached hydrogens (tertiary/aromatic N) is 2. The first-order valence-electron chi connectivity index (χ1n) is 9.48. The predicted octanol–water partition coefficient (Wildman–Crippen LogP) is 3.26. The molecule has 0 amide bonds. The molecule has 27 heavy (non-hydrogen) atoms. The Morgan fingerprint density at radius 2 is 2.07 bits per heavy atom. The fraction of sp³-hybridized carbons (Fsp3) is 0.429. The van der Waals surface area contributed by atoms with E-state index in [9.17, 15) is 9.90 Å². The monoisotopic (exact) mass is 384 g/mol. The van der Waals surface area contributed by atoms with Gasteiger partial charge in [0.1, 0.15) is 29.1 Å². The second kappa shape index (κ2) is 7.44. The minimum Gasteiger partial charge on any atom is -0.491 e. The van der Waals surface area contributed by atoms with E-state index in [2.05, 4.69) is 11.9 Å². The van der Waals surface area contributed by atoms with Crippen molar-refractivity contribution < 1.29 is 9.84 Å². The van der Waals surface area contributed by atoms with Gasteiger partial charge in [-0.15, -0.1) is 11.3 Å². The Balaban J connectivity index is 1.51. The highest BCUT2D eigenvalue weighted by atomic mass is 32.1. The molecule has 1 aromatic carbocycles. The second-order valence-electron chi connectivity index (χ2n) is 7.07. The van der Waals surface area contributed by atoms with E-state index in [0.717, 1.165) is 41.6 Å². The summed E-state index contributed by atoms with van der Waals surface area (Å²) >= 11 is 1.64. The Kier molecular flexibility index (Phi) is 5.02. The van der Waals surface area contributed by atoms with Crippen LogP contribution in [-0.4, -0.2) is 27.4 Å². The topological polar surface area (TPSA) is 64.3 Å². The zero-order valence-corrected chi connectivity index (χ0v) is 16.5. The van der Waals surface area contributed by atoms with Crippen LogP contribution >= 0.6 is 11.3 Å². The van der Waals surface area contributed by atoms with Gasteiger partial charge in [-0.05, 0) is 55.9 Å². The minimum absolute atomic E-state index is 0.0387. The van der Waals surface area contributed by atoms with Crippen LogP contribution in [0.4, 0.5) is 0 Å². The van der Waals surface area contributed by atoms with Gasteiger partial charge in [0.05, 0.1) is 11.9 Å². The van der Waals surface area contributed by atoms with Crippen LogP contribution in [0.2, 0.25) is 0 Å². The third kappa shape index (κ3) is 3.51. The maximum atomic E-state index is 13.0. The summed E-state index contributed by atoms with van der Waals surface area (Å²) in [6.45, 7) is 4.25. The number of thiophene rings is 1. The molecule has 0 fully saturated rings. The van der Waals surface area contributed by atoms with Gasteiger partial charge in [-0.2, -0.15) is 0 Å². The van der Waals surface area contributed by atoms with Crippen molar-refractivity contribution in [2.24, 2.45) is 0 Å². The summed E-state index contributed by atoms with van der Waals surface area (Å²) in [6, 6.07) is 7.85. The Hall–Kier alpha value is -2.18. The van der Waals surface area contributed by atoms with Crippen molar-refractivity contribution >= 4 is 21.6 Å². The van der Waals surface area contributed by atoms with Gasteiger partial charge in [0.25, 0.3) is 5.56 Å². The van der Waals surface area contributed by atoms with Crippen molar-refractivity contribution in [2.75, 3.05) is 6.61 Å². The van der Waals surface area contributed by atoms with Crippen LogP contribution in [0, 0.1) is 6.92 Å². The molecule has 0 bridgehead atoms. The average molecular weight is 385 g/mol. The lowest BCUT2D eigenvalue weighted by molar-refractivity contribution is 0.0909. The van der Waals surface area contributed by atoms with Crippen LogP contribution in [0.5, 0.6) is 5.75 Å². The van der Waals surface area contributed by atoms with Crippen molar-refractivity contribution in [1.82, 2.24) is 9.55 Å². The second-order valence-corrected chi connectivity index (χ2v) is 8.16. The summed E-state index contributed by atoms with van der Waals surface area (Å²) in [6.07, 6.45) is 3.31. The van der Waals surface area contributed by atoms with E-state index in [0.29, 0.717) is 5.82 Å². The first-order valence-corrected chi connectivity index (χ1v) is 10.3. The van der Waals surface area contributed by atoms with Gasteiger partial charge in [0, 0.05) is 4.88 Å². The number of aliphatic hydroxyl groups is 1. The molecule has 142 valence electrons. The van der Waals surface area contributed by atoms with E-state index in [1.165, 1.54) is 16.0 Å². The van der Waals surface area contributed by atoms with E-state index in [1.54, 1.807) is 15.9 Å². The number of benzene rings is 1. The van der Waals surface area contributed by atoms with Crippen molar-refractivity contribution in [3.05, 3.63) is 56.4 Å². The van der Waals surface area contributed by atoms with Gasteiger partial charge in [-0.25, -0.2) is 4.98 Å². The number of ether oxygens (including phenoxy) is 1. The molecule has 0 aliphatic heterocycles. The molecule has 1 aliphatic carbocycles. The first kappa shape index (κ1) is 18.2. The molecule has 1 N–H and O–H groups in total. The molecular weight excluding hydrogens is 360 g/mol. The van der Waals surface area contributed by atoms with Crippen LogP contribution in [0.15, 0.2) is 29.1 Å². The number of aliphatic hydroxyl groups excluding tert-OH is 1. The zero-order chi connectivity index (χ0) is 19.0. The highest BCUT2D eigenvalue weighted by Crippen LogP contribution is 2.34. The van der Waals surface area contributed by atoms with Gasteiger partial charge < -0.3 is 9.84 Å². The van der Waals surface area contributed by atoms with Crippen LogP contribution in [0.3, 0.4) is 0 Å². The van der Waals surface area contributed by atoms with Crippen molar-refractivity contribution in [1.29, 1.82) is 0 Å². The maximum Gasteiger partial charge on any atom is 0.262 e. The molecule has 2 heterocycles. The third-order valence-corrected chi connectivity index (χ3v) is 6.37. The summed E-state index contributed by atoms with van der Waals surface area (Å²) in [5.41, 5.74) is 2.37. The van der Waals surface area contributed by atoms with Crippen molar-refractivity contribution in [3.8, 4) is 5.75 Å². The van der Waals surface area contributed by atoms with E-state index < -0.39 is 6.10 Å². The standard InChI is InChI=1S/C21H24N2O3S/c1-3-14-7-9-16(10-8-14)26-12-15(24)11-23-13(2)22-20-19(21(23)25)17-5-4-6-18(17)27-20/h7-10,15,24H,3-6,11-12H2,1-2H3. The zero-order valence-electron chi connectivity index (χ0n) is 15.7. The summed E-state index contributed by atoms with van der Waals surface area (Å²) in [5, 5.41) is 11.2. The van der Waals surface area contributed by atoms with E-state index in [1.807, 2.05) is 31.2 Å². The Morgan fingerprint density at radius 3 is 2.81 bits per heavy atom. The fourth-order valence-corrected chi connectivity index (χ4v) is 4.97. The lowest BCUT2D eigenvalue weighted by atomic mass is 10.2. The molecule has 0 radical (unpaired) electrons. The SMILES string of the molecule is CCc1ccc(OCC(O)Cn2c(C)nc3sc4c(c3c2=O)CCC4)cc1. The smallest absolute Gasteiger partial charge is 0.262 e. The fourth-order valence-electron chi connectivity index (χ4n) is 3.67. The number of aromatic nitrogens is 2. The quantitative estimate of drug-likeness (QED) is 0.709. The average Bonchev–Trinajstić information content (AvgIpc) is 3.24. The molecule has 1 aliphatic rings. The Morgan fingerprint density at radius 1 is 1.30 bits per heavy atom. The summed E-state index contributed by atoms with van der Waals surface area (Å²) in [7, 11) is 0. The van der Waals surface area contributed by atoms with Crippen LogP contribution < -0.4 is 10.3 Å². The lowest BCUT2D eigenvalue weighted by Gasteiger charge is -2.16. The molecule has 2 aromatic heterocycles. The van der Waals surface area contributed by atoms with E-state index in [4.69, 9.17) is 4.74 Å². The maximum absolute atomic E-state index is 13.0. The number of hydrogen-bond donors (Lipinski definition) is 1. The highest BCUT2D eigenvalue weighted by Gasteiger charge is 2.23. The summed E-state index contributed by atoms with van der Waals surface area (Å²) < 4.78 is 7.27. The molecule has 0 saturated carbocycles. The molecule has 1 atom stereocenters. The number of rotatable bonds is 6. The number of fused-ring (bicyclic) bond motifs is 3. The van der Waals surface area contributed by atoms with Crippen molar-refractivity contribution in [3.63, 3.8) is 0 Å². The molecule has 3 aromatic rings. The number of aryl methyl sites for hydroxylation is 4. The molecule has 6 heteroatoms. The highest BCUT2D eigenvalue weighted by molar-refractivity contribution is 7.18. The van der Waals surface area contributed by atoms with Gasteiger partial charge >= 0.3 is 0 Å². The van der Waals surface area contributed by atoms with Crippen LogP contribution in [0.1, 0.15) is 35.2 Å². The van der Waals surface area contributed by atoms with Gasteiger partial charge in [-0.3, -0.25) is 9.36 Å². The molecule has 0 saturated heterocycles. The van der Waals surface area contributed by atoms with E-state index >= 15 is 0 Å². The summed E-state index contributed by atoms with van der Waals surface area (Å²) in [5.74, 6) is 1.36. The van der Waals surface area contributed by atoms with Gasteiger partial charge in [0.2, 0.25) is 0 Å². The Labute approximate surface area is 162 Å². The first-order chi connectivity index (χ1) is 13.1. The van der Waals surface area contributed by atoms with Crippen molar-refractivity contribution in [2.45, 2.75) is 52.2 Å². The molecule has 5 nitrogen and oxygen atoms in total. The van der Waals surface area contributed by atoms with Crippen LogP contribution in [-0.2, 0) is 25.8 Å². The van der Waals surface area contributed by atoms with Gasteiger partial charge in [0.15, 0.2) is 0 Å².